The van der Waals surface area contributed by atoms with Crippen molar-refractivity contribution in [1.29, 1.82) is 5.26 Å². The Morgan fingerprint density at radius 2 is 1.65 bits per heavy atom. The first-order chi connectivity index (χ1) is 21.7. The zero-order chi connectivity index (χ0) is 34.1. The molecular formula is C31H30Cl5N2O6PS. The Kier molecular flexibility index (Phi) is 14.5. The van der Waals surface area contributed by atoms with E-state index in [1.165, 1.54) is 6.07 Å². The summed E-state index contributed by atoms with van der Waals surface area (Å²) in [6, 6.07) is 19.7. The maximum Gasteiger partial charge on any atom is 0.381 e. The Morgan fingerprint density at radius 1 is 1.02 bits per heavy atom. The molecular weight excluding hydrogens is 737 g/mol. The van der Waals surface area contributed by atoms with E-state index in [0.29, 0.717) is 30.3 Å². The van der Waals surface area contributed by atoms with Gasteiger partial charge in [-0.15, -0.1) is 0 Å². The Balaban J connectivity index is 0.000000277. The molecule has 1 aromatic heterocycles. The smallest absolute Gasteiger partial charge is 0.381 e. The number of pyridine rings is 1. The molecule has 1 fully saturated rings. The Labute approximate surface area is 298 Å². The van der Waals surface area contributed by atoms with Crippen LogP contribution in [0.4, 0.5) is 0 Å². The van der Waals surface area contributed by atoms with Gasteiger partial charge in [-0.25, -0.2) is 0 Å². The lowest BCUT2D eigenvalue weighted by Gasteiger charge is -2.20. The van der Waals surface area contributed by atoms with Crippen LogP contribution >= 0.6 is 64.7 Å². The van der Waals surface area contributed by atoms with E-state index < -0.39 is 18.8 Å². The topological polar surface area (TPSA) is 99.9 Å². The van der Waals surface area contributed by atoms with Gasteiger partial charge in [-0.05, 0) is 61.6 Å². The van der Waals surface area contributed by atoms with Gasteiger partial charge in [0.05, 0.1) is 24.2 Å². The molecule has 246 valence electrons. The molecule has 46 heavy (non-hydrogen) atoms. The molecule has 0 amide bonds. The summed E-state index contributed by atoms with van der Waals surface area (Å²) in [7, 11) is 0. The van der Waals surface area contributed by atoms with Crippen molar-refractivity contribution in [3.8, 4) is 23.4 Å². The van der Waals surface area contributed by atoms with Crippen LogP contribution in [0.3, 0.4) is 0 Å². The number of ether oxygens (including phenoxy) is 2. The Hall–Kier alpha value is -2.09. The summed E-state index contributed by atoms with van der Waals surface area (Å²) >= 11 is 34.1. The third-order valence-electron chi connectivity index (χ3n) is 6.59. The molecule has 4 rings (SSSR count). The summed E-state index contributed by atoms with van der Waals surface area (Å²) in [4.78, 5) is 16.5. The van der Waals surface area contributed by atoms with Crippen molar-refractivity contribution in [3.63, 3.8) is 0 Å². The minimum absolute atomic E-state index is 0.0521. The van der Waals surface area contributed by atoms with Crippen LogP contribution in [0.25, 0.3) is 0 Å². The average Bonchev–Trinajstić information content (AvgIpc) is 3.54. The molecule has 15 heteroatoms. The zero-order valence-electron chi connectivity index (χ0n) is 25.1. The molecule has 2 aromatic carbocycles. The van der Waals surface area contributed by atoms with Gasteiger partial charge in [0.1, 0.15) is 27.1 Å². The highest BCUT2D eigenvalue weighted by atomic mass is 35.5. The highest BCUT2D eigenvalue weighted by molar-refractivity contribution is 8.07. The fourth-order valence-electron chi connectivity index (χ4n) is 4.30. The Morgan fingerprint density at radius 3 is 2.24 bits per heavy atom. The lowest BCUT2D eigenvalue weighted by Crippen LogP contribution is -2.14. The van der Waals surface area contributed by atoms with E-state index in [2.05, 4.69) is 4.98 Å². The number of benzene rings is 2. The van der Waals surface area contributed by atoms with Gasteiger partial charge >= 0.3 is 12.7 Å². The lowest BCUT2D eigenvalue weighted by molar-refractivity contribution is -0.149. The Bertz CT molecular complexity index is 1630. The van der Waals surface area contributed by atoms with Gasteiger partial charge in [0.2, 0.25) is 12.0 Å². The number of rotatable bonds is 12. The van der Waals surface area contributed by atoms with E-state index in [0.717, 1.165) is 0 Å². The van der Waals surface area contributed by atoms with E-state index in [1.807, 2.05) is 50.2 Å². The first kappa shape index (κ1) is 38.4. The predicted molar refractivity (Wildman–Crippen MR) is 185 cm³/mol. The minimum Gasteiger partial charge on any atom is -0.457 e. The number of aromatic nitrogens is 1. The van der Waals surface area contributed by atoms with Gasteiger partial charge < -0.3 is 14.0 Å². The number of nitrogens with zero attached hydrogens (tertiary/aromatic N) is 2. The normalized spacial score (nSPS) is 17.0. The minimum atomic E-state index is -2.92. The van der Waals surface area contributed by atoms with Crippen LogP contribution in [0, 0.1) is 28.6 Å². The third kappa shape index (κ3) is 10.7. The van der Waals surface area contributed by atoms with Crippen LogP contribution in [-0.2, 0) is 30.4 Å². The molecule has 1 saturated carbocycles. The van der Waals surface area contributed by atoms with E-state index in [1.54, 1.807) is 44.2 Å². The molecule has 3 aromatic rings. The molecule has 0 N–H and O–H groups in total. The molecule has 1 aliphatic carbocycles. The summed E-state index contributed by atoms with van der Waals surface area (Å²) in [6.07, 6.45) is 0.615. The highest BCUT2D eigenvalue weighted by Gasteiger charge is 2.62. The first-order valence-electron chi connectivity index (χ1n) is 13.8. The number of esters is 1. The summed E-state index contributed by atoms with van der Waals surface area (Å²) < 4.78 is 27.5. The van der Waals surface area contributed by atoms with Crippen LogP contribution in [0.1, 0.15) is 39.4 Å². The van der Waals surface area contributed by atoms with Crippen molar-refractivity contribution < 1.29 is 27.8 Å². The predicted octanol–water partition coefficient (Wildman–Crippen LogP) is 10.9. The molecule has 1 unspecified atom stereocenters. The van der Waals surface area contributed by atoms with Crippen LogP contribution < -0.4 is 9.26 Å². The van der Waals surface area contributed by atoms with Gasteiger partial charge in [-0.2, -0.15) is 10.2 Å². The monoisotopic (exact) mass is 764 g/mol. The number of hydrogen-bond acceptors (Lipinski definition) is 9. The summed E-state index contributed by atoms with van der Waals surface area (Å²) in [5.41, 5.74) is 0.231. The fourth-order valence-corrected chi connectivity index (χ4v) is 7.16. The van der Waals surface area contributed by atoms with Crippen molar-refractivity contribution in [3.05, 3.63) is 92.0 Å². The van der Waals surface area contributed by atoms with Crippen LogP contribution in [0.5, 0.6) is 17.4 Å². The fraction of sp³-hybridized carbons (Fsp3) is 0.323. The number of nitriles is 1. The van der Waals surface area contributed by atoms with Gasteiger partial charge in [0, 0.05) is 17.4 Å². The number of halogens is 5. The van der Waals surface area contributed by atoms with E-state index >= 15 is 0 Å². The second-order valence-corrected chi connectivity index (χ2v) is 15.3. The first-order valence-corrected chi connectivity index (χ1v) is 18.2. The van der Waals surface area contributed by atoms with Gasteiger partial charge in [-0.3, -0.25) is 13.8 Å². The second kappa shape index (κ2) is 17.3. The molecule has 0 radical (unpaired) electrons. The molecule has 0 saturated heterocycles. The lowest BCUT2D eigenvalue weighted by atomic mass is 10.1. The molecule has 1 heterocycles. The summed E-state index contributed by atoms with van der Waals surface area (Å²) in [5.74, 6) is 0.341. The van der Waals surface area contributed by atoms with Gasteiger partial charge in [0.25, 0.3) is 0 Å². The van der Waals surface area contributed by atoms with Gasteiger partial charge in [0.15, 0.2) is 5.15 Å². The van der Waals surface area contributed by atoms with Crippen LogP contribution in [0.2, 0.25) is 15.2 Å². The SMILES string of the molecule is CC1(C)[C@H](C(=O)OC(C#N)c2cccc(Oc3ccccc3)c2)[C@@H]1C=C(Cl)Cl.CCOP(=S)(OCC)Oc1nc(Cl)c(Cl)cc1Cl. The molecule has 3 atom stereocenters. The standard InChI is InChI=1S/C22H19Cl2NO3.C9H11Cl3NO3PS/c1-22(2)17(12-19(23)24)20(22)21(26)28-18(13-25)14-7-6-10-16(11-14)27-15-8-4-3-5-9-15;1-3-14-17(18,15-4-2)16-9-7(11)5-6(10)8(12)13-9/h3-12,17-18,20H,1-2H3;5H,3-4H2,1-2H3/t17-,18?,20-;/m0./s1. The van der Waals surface area contributed by atoms with Crippen molar-refractivity contribution in [2.75, 3.05) is 13.2 Å². The van der Waals surface area contributed by atoms with Crippen molar-refractivity contribution in [2.45, 2.75) is 33.8 Å². The average molecular weight is 767 g/mol. The van der Waals surface area contributed by atoms with Crippen LogP contribution in [0.15, 0.2) is 71.2 Å². The number of carbonyl (C=O) groups excluding carboxylic acids is 1. The highest BCUT2D eigenvalue weighted by Crippen LogP contribution is 2.60. The van der Waals surface area contributed by atoms with Crippen molar-refractivity contribution >= 4 is 82.5 Å². The quantitative estimate of drug-likeness (QED) is 0.101. The number of para-hydroxylation sites is 1. The number of hydrogen-bond donors (Lipinski definition) is 0. The van der Waals surface area contributed by atoms with E-state index in [4.69, 9.17) is 92.9 Å². The maximum absolute atomic E-state index is 12.6. The molecule has 0 spiro atoms. The van der Waals surface area contributed by atoms with E-state index in [-0.39, 0.29) is 42.8 Å². The maximum atomic E-state index is 12.6. The summed E-state index contributed by atoms with van der Waals surface area (Å²) in [5, 5.41) is 10.0. The van der Waals surface area contributed by atoms with Crippen molar-refractivity contribution in [2.24, 2.45) is 17.3 Å². The van der Waals surface area contributed by atoms with Crippen LogP contribution in [-0.4, -0.2) is 24.2 Å². The molecule has 0 bridgehead atoms. The van der Waals surface area contributed by atoms with Gasteiger partial charge in [-0.1, -0.05) is 102 Å². The summed E-state index contributed by atoms with van der Waals surface area (Å²) in [6.45, 7) is 5.24. The molecule has 1 aliphatic rings. The molecule has 0 aliphatic heterocycles. The zero-order valence-corrected chi connectivity index (χ0v) is 30.6. The second-order valence-electron chi connectivity index (χ2n) is 10.1. The number of allylic oxidation sites excluding steroid dienone is 1. The van der Waals surface area contributed by atoms with E-state index in [9.17, 15) is 10.1 Å². The number of carbonyl (C=O) groups is 1. The third-order valence-corrected chi connectivity index (χ3v) is 10.2. The largest absolute Gasteiger partial charge is 0.457 e. The molecule has 8 nitrogen and oxygen atoms in total. The van der Waals surface area contributed by atoms with Crippen molar-refractivity contribution in [1.82, 2.24) is 4.98 Å².